The molecule has 0 aromatic heterocycles. The summed E-state index contributed by atoms with van der Waals surface area (Å²) in [4.78, 5) is 40.3. The third-order valence-corrected chi connectivity index (χ3v) is 23.1. The van der Waals surface area contributed by atoms with E-state index in [0.29, 0.717) is 25.7 Å². The first-order valence-electron chi connectivity index (χ1n) is 30.0. The van der Waals surface area contributed by atoms with Crippen LogP contribution in [0.15, 0.2) is 11.6 Å². The molecule has 28 heteroatoms. The van der Waals surface area contributed by atoms with Gasteiger partial charge in [0.25, 0.3) is 0 Å². The first-order valence-corrected chi connectivity index (χ1v) is 30.0. The number of carboxylic acid groups (broad SMARTS) is 2. The highest BCUT2D eigenvalue weighted by Gasteiger charge is 2.76. The zero-order valence-corrected chi connectivity index (χ0v) is 49.6. The number of esters is 1. The Morgan fingerprint density at radius 3 is 1.76 bits per heavy atom. The molecule has 17 N–H and O–H groups in total. The summed E-state index contributed by atoms with van der Waals surface area (Å²) in [7, 11) is 0. The van der Waals surface area contributed by atoms with E-state index in [2.05, 4.69) is 13.8 Å². The van der Waals surface area contributed by atoms with E-state index >= 15 is 0 Å². The normalized spacial score (nSPS) is 52.0. The van der Waals surface area contributed by atoms with Crippen molar-refractivity contribution >= 4 is 17.9 Å². The number of fused-ring (bicyclic) bond motifs is 7. The molecule has 4 saturated carbocycles. The lowest BCUT2D eigenvalue weighted by Crippen LogP contribution is -2.74. The molecule has 28 nitrogen and oxygen atoms in total. The molecule has 0 aromatic carbocycles. The van der Waals surface area contributed by atoms with Crippen LogP contribution in [0.3, 0.4) is 0 Å². The Bertz CT molecular complexity index is 2480. The van der Waals surface area contributed by atoms with Crippen molar-refractivity contribution in [2.45, 2.75) is 235 Å². The van der Waals surface area contributed by atoms with Crippen LogP contribution < -0.4 is 0 Å². The summed E-state index contributed by atoms with van der Waals surface area (Å²) >= 11 is 0. The van der Waals surface area contributed by atoms with Gasteiger partial charge in [-0.05, 0) is 90.3 Å². The fourth-order valence-electron chi connectivity index (χ4n) is 18.0. The Morgan fingerprint density at radius 1 is 0.640 bits per heavy atom. The van der Waals surface area contributed by atoms with E-state index in [1.807, 2.05) is 40.7 Å². The lowest BCUT2D eigenvalue weighted by Gasteiger charge is -2.73. The number of ether oxygens (including phenoxy) is 8. The van der Waals surface area contributed by atoms with Crippen molar-refractivity contribution in [3.63, 3.8) is 0 Å². The van der Waals surface area contributed by atoms with Crippen LogP contribution in [0.25, 0.3) is 0 Å². The fraction of sp³-hybridized carbons (Fsp3) is 0.914. The molecule has 0 aromatic rings. The van der Waals surface area contributed by atoms with Gasteiger partial charge in [0.05, 0.1) is 56.6 Å². The fourth-order valence-corrected chi connectivity index (χ4v) is 18.0. The summed E-state index contributed by atoms with van der Waals surface area (Å²) in [5.41, 5.74) is -5.40. The molecule has 9 aliphatic rings. The molecule has 8 fully saturated rings. The van der Waals surface area contributed by atoms with Crippen LogP contribution in [-0.4, -0.2) is 266 Å². The summed E-state index contributed by atoms with van der Waals surface area (Å²) in [6, 6.07) is 0. The van der Waals surface area contributed by atoms with Crippen LogP contribution in [0.2, 0.25) is 0 Å². The Kier molecular flexibility index (Phi) is 19.2. The molecule has 0 radical (unpaired) electrons. The third-order valence-electron chi connectivity index (χ3n) is 23.1. The maximum atomic E-state index is 14.4. The van der Waals surface area contributed by atoms with E-state index in [1.165, 1.54) is 6.92 Å². The lowest BCUT2D eigenvalue weighted by molar-refractivity contribution is -0.397. The average molecular weight is 1240 g/mol. The number of aliphatic hydroxyl groups is 15. The van der Waals surface area contributed by atoms with Crippen molar-refractivity contribution in [2.75, 3.05) is 26.4 Å². The largest absolute Gasteiger partial charge is 0.481 e. The second-order valence-electron chi connectivity index (χ2n) is 28.2. The van der Waals surface area contributed by atoms with Crippen LogP contribution in [0.5, 0.6) is 0 Å². The monoisotopic (exact) mass is 1240 g/mol. The minimum Gasteiger partial charge on any atom is -0.481 e. The molecule has 86 heavy (non-hydrogen) atoms. The molecule has 0 amide bonds. The van der Waals surface area contributed by atoms with Crippen molar-refractivity contribution in [1.82, 2.24) is 0 Å². The van der Waals surface area contributed by atoms with Gasteiger partial charge >= 0.3 is 17.9 Å². The number of aliphatic hydroxyl groups excluding tert-OH is 15. The molecule has 4 saturated heterocycles. The Morgan fingerprint density at radius 2 is 1.21 bits per heavy atom. The van der Waals surface area contributed by atoms with Crippen molar-refractivity contribution in [3.8, 4) is 0 Å². The standard InChI is InChI=1S/C58H92O28/c1-21(46(74)75)15-23-31(47(76)77)58(20-61)24(16-53(23,2)3)22-9-10-29-55(6)13-12-30(54(4,5)28(55)11-14-56(29,7)57(22,8)44(72)45(58)73)82-52-43(85-51-39(70)36(67)34(65)27(18-60)81-51)41(83-50-38(69)35(66)33(64)26(17-59)80-50)40(71)42(84-52)48(78)86-49-37(68)32(63)25(62)19-79-49/h9,21,23-45,49-52,59-73H,10-20H2,1-8H3,(H,74,75)(H,76,77)/t21?,23-,24-,25+,26+,27+,28-,29+,30-,31+,32+,33+,34+,35-,36-,37-,38+,39+,40-,41-,42-,43+,44-,45+,49-,50-,51-,52+,55-,56+,57-,58+/m0/s1. The minimum atomic E-state index is -2.34. The number of carbonyl (C=O) groups excluding carboxylic acids is 1. The molecular formula is C58H92O28. The number of hydrogen-bond acceptors (Lipinski definition) is 26. The summed E-state index contributed by atoms with van der Waals surface area (Å²) in [6.07, 6.45) is -37.5. The van der Waals surface area contributed by atoms with Gasteiger partial charge in [0.2, 0.25) is 6.29 Å². The van der Waals surface area contributed by atoms with E-state index in [4.69, 9.17) is 37.9 Å². The smallest absolute Gasteiger partial charge is 0.340 e. The van der Waals surface area contributed by atoms with Gasteiger partial charge in [0.15, 0.2) is 25.0 Å². The number of aliphatic carboxylic acids is 2. The van der Waals surface area contributed by atoms with Gasteiger partial charge in [-0.25, -0.2) is 4.79 Å². The van der Waals surface area contributed by atoms with Crippen LogP contribution in [-0.2, 0) is 52.3 Å². The molecule has 32 atom stereocenters. The maximum absolute atomic E-state index is 14.4. The number of carboxylic acids is 2. The van der Waals surface area contributed by atoms with Crippen molar-refractivity contribution in [3.05, 3.63) is 11.6 Å². The average Bonchev–Trinajstić information content (AvgIpc) is 0.673. The summed E-state index contributed by atoms with van der Waals surface area (Å²) < 4.78 is 47.9. The first-order chi connectivity index (χ1) is 40.1. The Hall–Kier alpha value is -2.73. The predicted octanol–water partition coefficient (Wildman–Crippen LogP) is -3.81. The highest BCUT2D eigenvalue weighted by atomic mass is 16.8. The maximum Gasteiger partial charge on any atom is 0.340 e. The third kappa shape index (κ3) is 10.6. The van der Waals surface area contributed by atoms with E-state index in [0.717, 1.165) is 5.57 Å². The quantitative estimate of drug-likeness (QED) is 0.0425. The molecular weight excluding hydrogens is 1140 g/mol. The summed E-state index contributed by atoms with van der Waals surface area (Å²) in [5, 5.41) is 188. The zero-order valence-electron chi connectivity index (χ0n) is 49.6. The number of hydrogen-bond donors (Lipinski definition) is 17. The first kappa shape index (κ1) is 67.7. The second kappa shape index (κ2) is 24.4. The van der Waals surface area contributed by atoms with Gasteiger partial charge in [-0.15, -0.1) is 0 Å². The molecule has 4 aliphatic heterocycles. The van der Waals surface area contributed by atoms with Crippen LogP contribution in [0.1, 0.15) is 100 Å². The van der Waals surface area contributed by atoms with E-state index < -0.39 is 236 Å². The van der Waals surface area contributed by atoms with Gasteiger partial charge in [-0.1, -0.05) is 67.0 Å². The minimum absolute atomic E-state index is 0.0453. The molecule has 0 bridgehead atoms. The van der Waals surface area contributed by atoms with E-state index in [9.17, 15) is 101 Å². The SMILES string of the molecule is CC(C[C@H]1[C@H](C(=O)O)[C@]2(CO)[C@H](O)[C@H](O)[C@]3(C)C(=CC[C@@H]4[C@@]5(C)CC[C@H](O[C@@H]6O[C@H](C(=O)O[C@@H]7OC[C@@H](O)[C@@H](O)[C@@H]7O)[C@@H](O)[C@H](O[C@@H]7O[C@H](CO)[C@@H](O)[C@H](O)[C@H]7O)[C@H]6O[C@@H]6O[C@H](CO)[C@@H](O)[C@H](O)[C@H]6O)C(C)(C)[C@@H]5CC[C@]43C)[C@@H]2CC1(C)C)C(=O)O. The Balaban J connectivity index is 1.07. The molecule has 492 valence electrons. The molecule has 1 unspecified atom stereocenters. The van der Waals surface area contributed by atoms with Gasteiger partial charge in [0, 0.05) is 10.8 Å². The van der Waals surface area contributed by atoms with Gasteiger partial charge in [0.1, 0.15) is 85.5 Å². The lowest BCUT2D eigenvalue weighted by atomic mass is 9.31. The Labute approximate surface area is 497 Å². The van der Waals surface area contributed by atoms with Gasteiger partial charge in [-0.2, -0.15) is 0 Å². The molecule has 9 rings (SSSR count). The highest BCUT2D eigenvalue weighted by Crippen LogP contribution is 2.77. The summed E-state index contributed by atoms with van der Waals surface area (Å²) in [6.45, 7) is 12.1. The van der Waals surface area contributed by atoms with Crippen molar-refractivity contribution in [1.29, 1.82) is 0 Å². The van der Waals surface area contributed by atoms with Crippen LogP contribution in [0, 0.1) is 68.0 Å². The number of allylic oxidation sites excluding steroid dienone is 1. The van der Waals surface area contributed by atoms with Crippen LogP contribution >= 0.6 is 0 Å². The van der Waals surface area contributed by atoms with Crippen molar-refractivity contribution in [2.24, 2.45) is 68.0 Å². The highest BCUT2D eigenvalue weighted by molar-refractivity contribution is 5.76. The predicted molar refractivity (Wildman–Crippen MR) is 286 cm³/mol. The number of rotatable bonds is 15. The molecule has 4 heterocycles. The van der Waals surface area contributed by atoms with Crippen LogP contribution in [0.4, 0.5) is 0 Å². The molecule has 5 aliphatic carbocycles. The summed E-state index contributed by atoms with van der Waals surface area (Å²) in [5.74, 6) is -8.35. The van der Waals surface area contributed by atoms with Gasteiger partial charge < -0.3 is 125 Å². The van der Waals surface area contributed by atoms with E-state index in [-0.39, 0.29) is 31.1 Å². The number of carbonyl (C=O) groups is 3. The zero-order chi connectivity index (χ0) is 63.6. The topological polar surface area (TPSA) is 469 Å². The molecule has 0 spiro atoms. The second-order valence-corrected chi connectivity index (χ2v) is 28.2. The van der Waals surface area contributed by atoms with Gasteiger partial charge in [-0.3, -0.25) is 9.59 Å². The van der Waals surface area contributed by atoms with Crippen molar-refractivity contribution < 1.29 is 139 Å². The van der Waals surface area contributed by atoms with E-state index in [1.54, 1.807) is 0 Å².